The maximum absolute atomic E-state index is 6.12. The lowest BCUT2D eigenvalue weighted by atomic mass is 10.1. The minimum Gasteiger partial charge on any atom is -0.367 e. The Morgan fingerprint density at radius 3 is 2.88 bits per heavy atom. The highest BCUT2D eigenvalue weighted by atomic mass is 35.5. The molecule has 1 aromatic carbocycles. The van der Waals surface area contributed by atoms with Crippen molar-refractivity contribution in [3.63, 3.8) is 0 Å². The Hall–Kier alpha value is -0.730. The molecule has 2 rings (SSSR count). The number of hydrogen-bond donors (Lipinski definition) is 1. The van der Waals surface area contributed by atoms with Crippen LogP contribution in [0.2, 0.25) is 5.02 Å². The number of halogens is 1. The van der Waals surface area contributed by atoms with E-state index in [0.29, 0.717) is 12.1 Å². The van der Waals surface area contributed by atoms with Crippen LogP contribution in [-0.4, -0.2) is 25.2 Å². The van der Waals surface area contributed by atoms with Gasteiger partial charge in [-0.1, -0.05) is 17.7 Å². The van der Waals surface area contributed by atoms with Gasteiger partial charge in [-0.05, 0) is 51.4 Å². The summed E-state index contributed by atoms with van der Waals surface area (Å²) in [6, 6.07) is 7.24. The van der Waals surface area contributed by atoms with Crippen molar-refractivity contribution in [2.24, 2.45) is 0 Å². The molecule has 2 unspecified atom stereocenters. The van der Waals surface area contributed by atoms with Crippen LogP contribution in [0.3, 0.4) is 0 Å². The molecular formula is C14H21ClN2. The van der Waals surface area contributed by atoms with Crippen LogP contribution in [0.15, 0.2) is 18.2 Å². The molecule has 1 fully saturated rings. The molecule has 1 saturated heterocycles. The van der Waals surface area contributed by atoms with E-state index in [1.807, 2.05) is 6.07 Å². The highest BCUT2D eigenvalue weighted by molar-refractivity contribution is 6.30. The van der Waals surface area contributed by atoms with Crippen molar-refractivity contribution in [1.82, 2.24) is 5.32 Å². The van der Waals surface area contributed by atoms with Crippen LogP contribution in [0, 0.1) is 6.92 Å². The van der Waals surface area contributed by atoms with Crippen molar-refractivity contribution < 1.29 is 0 Å². The average molecular weight is 253 g/mol. The highest BCUT2D eigenvalue weighted by Crippen LogP contribution is 2.27. The summed E-state index contributed by atoms with van der Waals surface area (Å²) in [6.07, 6.45) is 1.18. The van der Waals surface area contributed by atoms with Crippen LogP contribution in [0.25, 0.3) is 0 Å². The lowest BCUT2D eigenvalue weighted by molar-refractivity contribution is 0.584. The summed E-state index contributed by atoms with van der Waals surface area (Å²) in [5.74, 6) is 0. The zero-order valence-electron chi connectivity index (χ0n) is 10.8. The maximum atomic E-state index is 6.12. The quantitative estimate of drug-likeness (QED) is 0.826. The van der Waals surface area contributed by atoms with Gasteiger partial charge in [-0.25, -0.2) is 0 Å². The summed E-state index contributed by atoms with van der Waals surface area (Å²) in [5, 5.41) is 4.36. The topological polar surface area (TPSA) is 15.3 Å². The van der Waals surface area contributed by atoms with E-state index < -0.39 is 0 Å². The molecule has 1 aliphatic heterocycles. The van der Waals surface area contributed by atoms with Gasteiger partial charge in [0.15, 0.2) is 0 Å². The molecule has 0 spiro atoms. The van der Waals surface area contributed by atoms with Crippen molar-refractivity contribution in [2.45, 2.75) is 39.3 Å². The van der Waals surface area contributed by atoms with Crippen LogP contribution in [-0.2, 0) is 0 Å². The van der Waals surface area contributed by atoms with Crippen LogP contribution in [0.5, 0.6) is 0 Å². The molecule has 0 bridgehead atoms. The molecule has 2 atom stereocenters. The van der Waals surface area contributed by atoms with E-state index in [1.165, 1.54) is 17.7 Å². The first-order valence-corrected chi connectivity index (χ1v) is 6.72. The molecule has 0 aromatic heterocycles. The molecule has 3 heteroatoms. The van der Waals surface area contributed by atoms with Crippen molar-refractivity contribution >= 4 is 17.3 Å². The van der Waals surface area contributed by atoms with E-state index in [1.54, 1.807) is 0 Å². The Balaban J connectivity index is 2.32. The first kappa shape index (κ1) is 12.7. The van der Waals surface area contributed by atoms with Gasteiger partial charge in [0.05, 0.1) is 0 Å². The lowest BCUT2D eigenvalue weighted by Gasteiger charge is -2.32. The first-order chi connectivity index (χ1) is 8.08. The van der Waals surface area contributed by atoms with Gasteiger partial charge in [0.25, 0.3) is 0 Å². The van der Waals surface area contributed by atoms with Crippen molar-refractivity contribution in [1.29, 1.82) is 0 Å². The molecule has 1 aromatic rings. The van der Waals surface area contributed by atoms with Crippen molar-refractivity contribution in [3.05, 3.63) is 28.8 Å². The molecule has 2 nitrogen and oxygen atoms in total. The van der Waals surface area contributed by atoms with E-state index in [9.17, 15) is 0 Å². The number of benzene rings is 1. The van der Waals surface area contributed by atoms with Crippen LogP contribution in [0.4, 0.5) is 5.69 Å². The monoisotopic (exact) mass is 252 g/mol. The van der Waals surface area contributed by atoms with Gasteiger partial charge in [0.2, 0.25) is 0 Å². The fraction of sp³-hybridized carbons (Fsp3) is 0.571. The molecule has 0 amide bonds. The molecule has 1 N–H and O–H groups in total. The minimum absolute atomic E-state index is 0.526. The van der Waals surface area contributed by atoms with E-state index >= 15 is 0 Å². The van der Waals surface area contributed by atoms with E-state index in [4.69, 9.17) is 11.6 Å². The molecule has 0 radical (unpaired) electrons. The smallest absolute Gasteiger partial charge is 0.0426 e. The van der Waals surface area contributed by atoms with E-state index in [-0.39, 0.29) is 0 Å². The number of anilines is 1. The van der Waals surface area contributed by atoms with Gasteiger partial charge in [-0.15, -0.1) is 0 Å². The Labute approximate surface area is 109 Å². The normalized spacial score (nSPS) is 25.8. The van der Waals surface area contributed by atoms with Gasteiger partial charge in [0.1, 0.15) is 0 Å². The van der Waals surface area contributed by atoms with Gasteiger partial charge < -0.3 is 10.2 Å². The largest absolute Gasteiger partial charge is 0.367 e. The Morgan fingerprint density at radius 2 is 2.12 bits per heavy atom. The average Bonchev–Trinajstić information content (AvgIpc) is 2.44. The van der Waals surface area contributed by atoms with Crippen LogP contribution in [0.1, 0.15) is 25.8 Å². The molecule has 94 valence electrons. The fourth-order valence-electron chi connectivity index (χ4n) is 2.46. The predicted octanol–water partition coefficient (Wildman–Crippen LogP) is 3.23. The Morgan fingerprint density at radius 1 is 1.35 bits per heavy atom. The molecule has 1 aliphatic rings. The molecule has 0 saturated carbocycles. The van der Waals surface area contributed by atoms with Crippen LogP contribution < -0.4 is 10.2 Å². The summed E-state index contributed by atoms with van der Waals surface area (Å²) in [6.45, 7) is 8.83. The summed E-state index contributed by atoms with van der Waals surface area (Å²) in [7, 11) is 0. The third kappa shape index (κ3) is 2.93. The number of nitrogens with zero attached hydrogens (tertiary/aromatic N) is 1. The Bertz CT molecular complexity index is 392. The van der Waals surface area contributed by atoms with E-state index in [2.05, 4.69) is 43.1 Å². The fourth-order valence-corrected chi connectivity index (χ4v) is 2.63. The zero-order chi connectivity index (χ0) is 12.4. The molecular weight excluding hydrogens is 232 g/mol. The summed E-state index contributed by atoms with van der Waals surface area (Å²) < 4.78 is 0. The summed E-state index contributed by atoms with van der Waals surface area (Å²) in [5.41, 5.74) is 2.58. The van der Waals surface area contributed by atoms with Crippen molar-refractivity contribution in [3.8, 4) is 0 Å². The third-order valence-electron chi connectivity index (χ3n) is 3.54. The SMILES string of the molecule is Cc1ccc(Cl)cc1N1CC(C)NCCC1C. The minimum atomic E-state index is 0.526. The standard InChI is InChI=1S/C14H21ClN2/c1-10-4-5-13(15)8-14(10)17-9-11(2)16-7-6-12(17)3/h4-5,8,11-12,16H,6-7,9H2,1-3H3. The second-order valence-electron chi connectivity index (χ2n) is 5.08. The van der Waals surface area contributed by atoms with Crippen LogP contribution >= 0.6 is 11.6 Å². The number of nitrogens with one attached hydrogen (secondary N) is 1. The summed E-state index contributed by atoms with van der Waals surface area (Å²) >= 11 is 6.12. The highest BCUT2D eigenvalue weighted by Gasteiger charge is 2.21. The van der Waals surface area contributed by atoms with E-state index in [0.717, 1.165) is 18.1 Å². The van der Waals surface area contributed by atoms with Gasteiger partial charge in [-0.3, -0.25) is 0 Å². The number of hydrogen-bond acceptors (Lipinski definition) is 2. The molecule has 17 heavy (non-hydrogen) atoms. The maximum Gasteiger partial charge on any atom is 0.0426 e. The van der Waals surface area contributed by atoms with Gasteiger partial charge in [0, 0.05) is 29.3 Å². The first-order valence-electron chi connectivity index (χ1n) is 6.34. The number of aryl methyl sites for hydroxylation is 1. The van der Waals surface area contributed by atoms with Gasteiger partial charge in [-0.2, -0.15) is 0 Å². The van der Waals surface area contributed by atoms with Crippen molar-refractivity contribution in [2.75, 3.05) is 18.0 Å². The predicted molar refractivity (Wildman–Crippen MR) is 75.1 cm³/mol. The second kappa shape index (κ2) is 5.28. The summed E-state index contributed by atoms with van der Waals surface area (Å²) in [4.78, 5) is 2.48. The molecule has 1 heterocycles. The lowest BCUT2D eigenvalue weighted by Crippen LogP contribution is -2.38. The molecule has 0 aliphatic carbocycles. The third-order valence-corrected chi connectivity index (χ3v) is 3.77. The Kier molecular flexibility index (Phi) is 3.95. The second-order valence-corrected chi connectivity index (χ2v) is 5.51. The zero-order valence-corrected chi connectivity index (χ0v) is 11.6. The van der Waals surface area contributed by atoms with Gasteiger partial charge >= 0.3 is 0 Å². The number of rotatable bonds is 1.